The molecule has 0 aromatic carbocycles. The van der Waals surface area contributed by atoms with Gasteiger partial charge in [-0.2, -0.15) is 0 Å². The molecule has 1 aliphatic heterocycles. The van der Waals surface area contributed by atoms with Crippen LogP contribution < -0.4 is 10.2 Å². The molecule has 0 aromatic heterocycles. The molecule has 2 fully saturated rings. The van der Waals surface area contributed by atoms with E-state index in [2.05, 4.69) is 24.3 Å². The summed E-state index contributed by atoms with van der Waals surface area (Å²) in [5.41, 5.74) is 0. The Kier molecular flexibility index (Phi) is 6.62. The van der Waals surface area contributed by atoms with E-state index in [1.165, 1.54) is 77.5 Å². The molecular weight excluding hydrogens is 234 g/mol. The van der Waals surface area contributed by atoms with Gasteiger partial charge in [0.25, 0.3) is 0 Å². The summed E-state index contributed by atoms with van der Waals surface area (Å²) < 4.78 is 0. The SMILES string of the molecule is C[NH+](C)CCN(CC1CCCCC1)C1CCCC[NH2+]1. The average Bonchev–Trinajstić information content (AvgIpc) is 2.45. The van der Waals surface area contributed by atoms with E-state index in [1.807, 2.05) is 0 Å². The van der Waals surface area contributed by atoms with Crippen LogP contribution in [-0.4, -0.2) is 51.3 Å². The lowest BCUT2D eigenvalue weighted by Gasteiger charge is -2.35. The van der Waals surface area contributed by atoms with Crippen LogP contribution in [0.2, 0.25) is 0 Å². The van der Waals surface area contributed by atoms with E-state index in [4.69, 9.17) is 0 Å². The van der Waals surface area contributed by atoms with Crippen molar-refractivity contribution in [1.82, 2.24) is 4.90 Å². The predicted molar refractivity (Wildman–Crippen MR) is 80.3 cm³/mol. The fourth-order valence-corrected chi connectivity index (χ4v) is 3.72. The lowest BCUT2D eigenvalue weighted by atomic mass is 9.88. The van der Waals surface area contributed by atoms with Crippen molar-refractivity contribution >= 4 is 0 Å². The topological polar surface area (TPSA) is 24.3 Å². The second kappa shape index (κ2) is 8.23. The van der Waals surface area contributed by atoms with Gasteiger partial charge in [0.05, 0.1) is 33.7 Å². The molecule has 1 atom stereocenters. The van der Waals surface area contributed by atoms with Crippen LogP contribution in [0.1, 0.15) is 51.4 Å². The smallest absolute Gasteiger partial charge is 0.142 e. The first-order chi connectivity index (χ1) is 9.25. The highest BCUT2D eigenvalue weighted by Crippen LogP contribution is 2.25. The van der Waals surface area contributed by atoms with Crippen molar-refractivity contribution in [1.29, 1.82) is 0 Å². The van der Waals surface area contributed by atoms with Crippen molar-refractivity contribution in [2.24, 2.45) is 5.92 Å². The molecule has 1 aliphatic carbocycles. The van der Waals surface area contributed by atoms with Gasteiger partial charge in [0.15, 0.2) is 0 Å². The first-order valence-electron chi connectivity index (χ1n) is 8.62. The molecular formula is C16H35N3+2. The van der Waals surface area contributed by atoms with E-state index < -0.39 is 0 Å². The van der Waals surface area contributed by atoms with Crippen LogP contribution in [0.15, 0.2) is 0 Å². The fourth-order valence-electron chi connectivity index (χ4n) is 3.72. The number of nitrogens with one attached hydrogen (secondary N) is 1. The summed E-state index contributed by atoms with van der Waals surface area (Å²) in [6.07, 6.45) is 12.5. The molecule has 3 N–H and O–H groups in total. The Hall–Kier alpha value is -0.120. The molecule has 1 heterocycles. The molecule has 0 amide bonds. The highest BCUT2D eigenvalue weighted by Gasteiger charge is 2.27. The number of hydrogen-bond acceptors (Lipinski definition) is 1. The monoisotopic (exact) mass is 269 g/mol. The highest BCUT2D eigenvalue weighted by atomic mass is 15.3. The lowest BCUT2D eigenvalue weighted by molar-refractivity contribution is -0.858. The third-order valence-electron chi connectivity index (χ3n) is 4.98. The molecule has 0 aromatic rings. The highest BCUT2D eigenvalue weighted by molar-refractivity contribution is 4.72. The number of rotatable bonds is 6. The molecule has 3 nitrogen and oxygen atoms in total. The second-order valence-electron chi connectivity index (χ2n) is 7.04. The minimum absolute atomic E-state index is 0.787. The molecule has 1 unspecified atom stereocenters. The summed E-state index contributed by atoms with van der Waals surface area (Å²) in [5.74, 6) is 0.987. The molecule has 3 heteroatoms. The first kappa shape index (κ1) is 15.3. The van der Waals surface area contributed by atoms with Gasteiger partial charge in [0.1, 0.15) is 6.17 Å². The van der Waals surface area contributed by atoms with E-state index in [0.29, 0.717) is 0 Å². The summed E-state index contributed by atoms with van der Waals surface area (Å²) in [4.78, 5) is 4.41. The number of nitrogens with two attached hydrogens (primary N) is 1. The molecule has 0 bridgehead atoms. The number of nitrogens with zero attached hydrogens (tertiary/aromatic N) is 1. The number of quaternary nitrogens is 2. The number of likely N-dealkylation sites (N-methyl/N-ethyl adjacent to an activating group) is 1. The summed E-state index contributed by atoms with van der Waals surface area (Å²) in [6.45, 7) is 5.30. The van der Waals surface area contributed by atoms with Gasteiger partial charge in [-0.25, -0.2) is 4.90 Å². The van der Waals surface area contributed by atoms with Crippen LogP contribution in [0.4, 0.5) is 0 Å². The maximum Gasteiger partial charge on any atom is 0.142 e. The van der Waals surface area contributed by atoms with Crippen LogP contribution in [0, 0.1) is 5.92 Å². The van der Waals surface area contributed by atoms with Crippen LogP contribution in [0.5, 0.6) is 0 Å². The van der Waals surface area contributed by atoms with Gasteiger partial charge in [0.2, 0.25) is 0 Å². The Labute approximate surface area is 119 Å². The summed E-state index contributed by atoms with van der Waals surface area (Å²) in [7, 11) is 4.56. The largest absolute Gasteiger partial charge is 0.339 e. The molecule has 112 valence electrons. The molecule has 1 saturated carbocycles. The minimum Gasteiger partial charge on any atom is -0.339 e. The van der Waals surface area contributed by atoms with Crippen molar-refractivity contribution in [2.75, 3.05) is 40.3 Å². The van der Waals surface area contributed by atoms with Gasteiger partial charge in [-0.3, -0.25) is 0 Å². The van der Waals surface area contributed by atoms with Crippen LogP contribution in [0.25, 0.3) is 0 Å². The van der Waals surface area contributed by atoms with E-state index >= 15 is 0 Å². The predicted octanol–water partition coefficient (Wildman–Crippen LogP) is 0.0866. The van der Waals surface area contributed by atoms with E-state index in [9.17, 15) is 0 Å². The van der Waals surface area contributed by atoms with Crippen molar-refractivity contribution in [3.05, 3.63) is 0 Å². The zero-order valence-corrected chi connectivity index (χ0v) is 13.2. The van der Waals surface area contributed by atoms with Crippen molar-refractivity contribution < 1.29 is 10.2 Å². The lowest BCUT2D eigenvalue weighted by Crippen LogP contribution is -3.07. The van der Waals surface area contributed by atoms with Gasteiger partial charge in [-0.1, -0.05) is 19.3 Å². The molecule has 0 spiro atoms. The average molecular weight is 269 g/mol. The van der Waals surface area contributed by atoms with Gasteiger partial charge in [-0.15, -0.1) is 0 Å². The molecule has 2 rings (SSSR count). The number of hydrogen-bond donors (Lipinski definition) is 2. The molecule has 0 radical (unpaired) electrons. The normalized spacial score (nSPS) is 26.2. The Morgan fingerprint density at radius 1 is 1.00 bits per heavy atom. The van der Waals surface area contributed by atoms with E-state index in [-0.39, 0.29) is 0 Å². The maximum absolute atomic E-state index is 2.82. The molecule has 2 aliphatic rings. The van der Waals surface area contributed by atoms with Crippen LogP contribution >= 0.6 is 0 Å². The van der Waals surface area contributed by atoms with Gasteiger partial charge in [-0.05, 0) is 31.6 Å². The third kappa shape index (κ3) is 5.41. The first-order valence-corrected chi connectivity index (χ1v) is 8.62. The Bertz CT molecular complexity index is 230. The fraction of sp³-hybridized carbons (Fsp3) is 1.00. The van der Waals surface area contributed by atoms with Crippen molar-refractivity contribution in [3.63, 3.8) is 0 Å². The zero-order valence-electron chi connectivity index (χ0n) is 13.2. The summed E-state index contributed by atoms with van der Waals surface area (Å²) in [6, 6.07) is 0. The third-order valence-corrected chi connectivity index (χ3v) is 4.98. The van der Waals surface area contributed by atoms with Crippen molar-refractivity contribution in [3.8, 4) is 0 Å². The maximum atomic E-state index is 2.82. The van der Waals surface area contributed by atoms with Crippen LogP contribution in [-0.2, 0) is 0 Å². The standard InChI is InChI=1S/C16H33N3/c1-18(2)12-13-19(16-10-6-7-11-17-16)14-15-8-4-3-5-9-15/h15-17H,3-14H2,1-2H3/p+2. The van der Waals surface area contributed by atoms with Gasteiger partial charge < -0.3 is 10.2 Å². The zero-order chi connectivity index (χ0) is 13.5. The quantitative estimate of drug-likeness (QED) is 0.702. The number of piperidine rings is 1. The minimum atomic E-state index is 0.787. The second-order valence-corrected chi connectivity index (χ2v) is 7.04. The van der Waals surface area contributed by atoms with Crippen molar-refractivity contribution in [2.45, 2.75) is 57.5 Å². The molecule has 19 heavy (non-hydrogen) atoms. The summed E-state index contributed by atoms with van der Waals surface area (Å²) >= 11 is 0. The van der Waals surface area contributed by atoms with E-state index in [1.54, 1.807) is 4.90 Å². The Balaban J connectivity index is 1.84. The summed E-state index contributed by atoms with van der Waals surface area (Å²) in [5, 5.41) is 2.61. The Morgan fingerprint density at radius 3 is 2.37 bits per heavy atom. The Morgan fingerprint density at radius 2 is 1.74 bits per heavy atom. The molecule has 1 saturated heterocycles. The van der Waals surface area contributed by atoms with Gasteiger partial charge in [0, 0.05) is 13.0 Å². The van der Waals surface area contributed by atoms with Gasteiger partial charge >= 0.3 is 0 Å². The van der Waals surface area contributed by atoms with E-state index in [0.717, 1.165) is 12.1 Å². The van der Waals surface area contributed by atoms with Crippen LogP contribution in [0.3, 0.4) is 0 Å².